The number of carboxylic acids is 1. The van der Waals surface area contributed by atoms with Gasteiger partial charge in [0, 0.05) is 6.42 Å². The number of hydrogen-bond acceptors (Lipinski definition) is 4. The molecule has 1 rings (SSSR count). The summed E-state index contributed by atoms with van der Waals surface area (Å²) in [7, 11) is 0. The Morgan fingerprint density at radius 1 is 1.44 bits per heavy atom. The Balaban J connectivity index is 2.63. The normalized spacial score (nSPS) is 11.8. The maximum absolute atomic E-state index is 11.7. The summed E-state index contributed by atoms with van der Waals surface area (Å²) in [6.45, 7) is 0. The average Bonchev–Trinajstić information content (AvgIpc) is 2.70. The molecule has 1 aromatic heterocycles. The molecule has 0 saturated heterocycles. The van der Waals surface area contributed by atoms with Crippen LogP contribution in [0.25, 0.3) is 0 Å². The van der Waals surface area contributed by atoms with E-state index in [0.717, 1.165) is 11.3 Å². The predicted octanol–water partition coefficient (Wildman–Crippen LogP) is 0.850. The lowest BCUT2D eigenvalue weighted by molar-refractivity contribution is -0.139. The number of hydrogen-bond donors (Lipinski definition) is 3. The van der Waals surface area contributed by atoms with Gasteiger partial charge < -0.3 is 16.2 Å². The lowest BCUT2D eigenvalue weighted by Gasteiger charge is -2.12. The first-order chi connectivity index (χ1) is 8.40. The van der Waals surface area contributed by atoms with E-state index in [-0.39, 0.29) is 12.8 Å². The summed E-state index contributed by atoms with van der Waals surface area (Å²) in [5.74, 6) is -2.37. The highest BCUT2D eigenvalue weighted by atomic mass is 35.5. The Morgan fingerprint density at radius 2 is 2.11 bits per heavy atom. The average molecular weight is 291 g/mol. The third-order valence-corrected chi connectivity index (χ3v) is 3.31. The van der Waals surface area contributed by atoms with E-state index in [2.05, 4.69) is 5.32 Å². The molecule has 0 aromatic carbocycles. The van der Waals surface area contributed by atoms with Crippen molar-refractivity contribution >= 4 is 40.7 Å². The van der Waals surface area contributed by atoms with Crippen molar-refractivity contribution in [3.63, 3.8) is 0 Å². The van der Waals surface area contributed by atoms with Crippen LogP contribution in [0.4, 0.5) is 0 Å². The lowest BCUT2D eigenvalue weighted by Crippen LogP contribution is -2.41. The first-order valence-electron chi connectivity index (χ1n) is 4.97. The molecule has 98 valence electrons. The number of amides is 2. The number of carboxylic acid groups (broad SMARTS) is 1. The summed E-state index contributed by atoms with van der Waals surface area (Å²) in [6.07, 6.45) is -0.155. The molecular weight excluding hydrogens is 280 g/mol. The second-order valence-corrected chi connectivity index (χ2v) is 5.19. The van der Waals surface area contributed by atoms with E-state index in [1.54, 1.807) is 6.07 Å². The second-order valence-electron chi connectivity index (χ2n) is 3.47. The Hall–Kier alpha value is -1.60. The van der Waals surface area contributed by atoms with Crippen LogP contribution in [-0.4, -0.2) is 28.9 Å². The summed E-state index contributed by atoms with van der Waals surface area (Å²) in [6, 6.07) is 1.89. The topological polar surface area (TPSA) is 109 Å². The van der Waals surface area contributed by atoms with Gasteiger partial charge in [-0.25, -0.2) is 4.79 Å². The molecule has 0 saturated carbocycles. The quantitative estimate of drug-likeness (QED) is 0.721. The Labute approximate surface area is 112 Å². The van der Waals surface area contributed by atoms with Crippen LogP contribution < -0.4 is 11.1 Å². The molecule has 0 aliphatic rings. The first-order valence-corrected chi connectivity index (χ1v) is 6.17. The van der Waals surface area contributed by atoms with Gasteiger partial charge in [0.05, 0.1) is 9.21 Å². The Morgan fingerprint density at radius 3 is 2.56 bits per heavy atom. The Kier molecular flexibility index (Phi) is 5.11. The highest BCUT2D eigenvalue weighted by Crippen LogP contribution is 2.21. The highest BCUT2D eigenvalue weighted by molar-refractivity contribution is 7.18. The molecule has 6 nitrogen and oxygen atoms in total. The van der Waals surface area contributed by atoms with Gasteiger partial charge in [0.15, 0.2) is 0 Å². The zero-order valence-electron chi connectivity index (χ0n) is 9.18. The molecule has 1 atom stereocenters. The highest BCUT2D eigenvalue weighted by Gasteiger charge is 2.21. The lowest BCUT2D eigenvalue weighted by atomic mass is 10.1. The molecule has 4 N–H and O–H groups in total. The molecule has 8 heteroatoms. The summed E-state index contributed by atoms with van der Waals surface area (Å²) >= 11 is 6.71. The zero-order valence-corrected chi connectivity index (χ0v) is 10.8. The Bertz CT molecular complexity index is 474. The molecule has 0 bridgehead atoms. The number of nitrogens with one attached hydrogen (secondary N) is 1. The number of carbonyl (C=O) groups excluding carboxylic acids is 2. The van der Waals surface area contributed by atoms with Crippen LogP contribution in [0.5, 0.6) is 0 Å². The van der Waals surface area contributed by atoms with Crippen LogP contribution in [0.15, 0.2) is 12.1 Å². The van der Waals surface area contributed by atoms with Crippen molar-refractivity contribution in [3.05, 3.63) is 21.3 Å². The van der Waals surface area contributed by atoms with Crippen LogP contribution in [0.3, 0.4) is 0 Å². The largest absolute Gasteiger partial charge is 0.480 e. The van der Waals surface area contributed by atoms with E-state index in [0.29, 0.717) is 9.21 Å². The van der Waals surface area contributed by atoms with Crippen molar-refractivity contribution in [2.75, 3.05) is 0 Å². The van der Waals surface area contributed by atoms with Crippen molar-refractivity contribution < 1.29 is 19.5 Å². The second kappa shape index (κ2) is 6.36. The van der Waals surface area contributed by atoms with Gasteiger partial charge >= 0.3 is 5.97 Å². The van der Waals surface area contributed by atoms with Crippen LogP contribution >= 0.6 is 22.9 Å². The van der Waals surface area contributed by atoms with Crippen LogP contribution in [-0.2, 0) is 9.59 Å². The number of aliphatic carboxylic acids is 1. The smallest absolute Gasteiger partial charge is 0.326 e. The monoisotopic (exact) mass is 290 g/mol. The summed E-state index contributed by atoms with van der Waals surface area (Å²) in [5.41, 5.74) is 4.93. The van der Waals surface area contributed by atoms with Gasteiger partial charge in [0.2, 0.25) is 5.91 Å². The fourth-order valence-electron chi connectivity index (χ4n) is 1.21. The molecule has 0 fully saturated rings. The third kappa shape index (κ3) is 4.34. The van der Waals surface area contributed by atoms with Gasteiger partial charge in [0.1, 0.15) is 6.04 Å². The zero-order chi connectivity index (χ0) is 13.7. The molecule has 18 heavy (non-hydrogen) atoms. The molecule has 0 unspecified atom stereocenters. The standard InChI is InChI=1S/C10H11ClN2O4S/c11-7-3-2-6(18-7)9(15)13-5(10(16)17)1-4-8(12)14/h2-3,5H,1,4H2,(H2,12,14)(H,13,15)(H,16,17)/t5-/m0/s1. The minimum absolute atomic E-state index is 0.0461. The number of halogens is 1. The summed E-state index contributed by atoms with van der Waals surface area (Å²) in [5, 5.41) is 11.2. The molecule has 0 aliphatic carbocycles. The summed E-state index contributed by atoms with van der Waals surface area (Å²) < 4.78 is 0.434. The molecule has 1 heterocycles. The van der Waals surface area contributed by atoms with Gasteiger partial charge in [-0.2, -0.15) is 0 Å². The molecule has 0 aliphatic heterocycles. The van der Waals surface area contributed by atoms with E-state index in [9.17, 15) is 14.4 Å². The van der Waals surface area contributed by atoms with E-state index in [1.165, 1.54) is 6.07 Å². The van der Waals surface area contributed by atoms with Crippen LogP contribution in [0.2, 0.25) is 4.34 Å². The van der Waals surface area contributed by atoms with Crippen molar-refractivity contribution in [3.8, 4) is 0 Å². The number of nitrogens with two attached hydrogens (primary N) is 1. The molecule has 1 aromatic rings. The van der Waals surface area contributed by atoms with E-state index < -0.39 is 23.8 Å². The number of primary amides is 1. The van der Waals surface area contributed by atoms with E-state index >= 15 is 0 Å². The van der Waals surface area contributed by atoms with Crippen LogP contribution in [0, 0.1) is 0 Å². The fraction of sp³-hybridized carbons (Fsp3) is 0.300. The van der Waals surface area contributed by atoms with Gasteiger partial charge in [-0.3, -0.25) is 9.59 Å². The van der Waals surface area contributed by atoms with Gasteiger partial charge in [0.25, 0.3) is 5.91 Å². The summed E-state index contributed by atoms with van der Waals surface area (Å²) in [4.78, 5) is 33.5. The van der Waals surface area contributed by atoms with Gasteiger partial charge in [-0.15, -0.1) is 11.3 Å². The third-order valence-electron chi connectivity index (χ3n) is 2.08. The fourth-order valence-corrected chi connectivity index (χ4v) is 2.16. The maximum Gasteiger partial charge on any atom is 0.326 e. The van der Waals surface area contributed by atoms with Gasteiger partial charge in [-0.1, -0.05) is 11.6 Å². The minimum atomic E-state index is -1.22. The number of carbonyl (C=O) groups is 3. The molecule has 0 radical (unpaired) electrons. The minimum Gasteiger partial charge on any atom is -0.480 e. The van der Waals surface area contributed by atoms with Crippen molar-refractivity contribution in [1.29, 1.82) is 0 Å². The molecule has 0 spiro atoms. The van der Waals surface area contributed by atoms with Crippen LogP contribution in [0.1, 0.15) is 22.5 Å². The predicted molar refractivity (Wildman–Crippen MR) is 66.6 cm³/mol. The molecular formula is C10H11ClN2O4S. The molecule has 2 amide bonds. The van der Waals surface area contributed by atoms with Crippen molar-refractivity contribution in [2.24, 2.45) is 5.73 Å². The van der Waals surface area contributed by atoms with Gasteiger partial charge in [-0.05, 0) is 18.6 Å². The van der Waals surface area contributed by atoms with E-state index in [1.807, 2.05) is 0 Å². The number of rotatable bonds is 6. The maximum atomic E-state index is 11.7. The van der Waals surface area contributed by atoms with Crippen molar-refractivity contribution in [2.45, 2.75) is 18.9 Å². The SMILES string of the molecule is NC(=O)CC[C@H](NC(=O)c1ccc(Cl)s1)C(=O)O. The van der Waals surface area contributed by atoms with Crippen molar-refractivity contribution in [1.82, 2.24) is 5.32 Å². The van der Waals surface area contributed by atoms with E-state index in [4.69, 9.17) is 22.4 Å². The number of thiophene rings is 1. The first kappa shape index (κ1) is 14.5.